The molecule has 1 N–H and O–H groups in total. The number of methoxy groups -OCH3 is 1. The van der Waals surface area contributed by atoms with Gasteiger partial charge in [0.1, 0.15) is 23.6 Å². The summed E-state index contributed by atoms with van der Waals surface area (Å²) in [6.45, 7) is 5.68. The normalized spacial score (nSPS) is 24.6. The van der Waals surface area contributed by atoms with E-state index in [-0.39, 0.29) is 37.7 Å². The van der Waals surface area contributed by atoms with Crippen LogP contribution in [0.15, 0.2) is 42.5 Å². The second-order valence-electron chi connectivity index (χ2n) is 12.1. The first-order valence-corrected chi connectivity index (χ1v) is 14.3. The number of alkyl halides is 1. The van der Waals surface area contributed by atoms with Crippen molar-refractivity contribution in [1.29, 1.82) is 0 Å². The topological polar surface area (TPSA) is 103 Å². The lowest BCUT2D eigenvalue weighted by molar-refractivity contribution is -0.150. The van der Waals surface area contributed by atoms with Crippen molar-refractivity contribution in [3.05, 3.63) is 53.6 Å². The van der Waals surface area contributed by atoms with Crippen molar-refractivity contribution in [2.45, 2.75) is 76.7 Å². The molecule has 2 aromatic rings. The van der Waals surface area contributed by atoms with Gasteiger partial charge in [0.25, 0.3) is 5.91 Å². The number of carbonyl (C=O) groups excluding carboxylic acids is 3. The Labute approximate surface area is 245 Å². The number of rotatable bonds is 5. The Hall–Kier alpha value is -3.86. The molecule has 0 spiro atoms. The highest BCUT2D eigenvalue weighted by Gasteiger charge is 2.47. The average molecular weight is 583 g/mol. The first kappa shape index (κ1) is 29.6. The number of halogens is 1. The van der Waals surface area contributed by atoms with E-state index in [4.69, 9.17) is 9.47 Å². The third-order valence-electron chi connectivity index (χ3n) is 8.18. The molecule has 3 aliphatic rings. The lowest BCUT2D eigenvalue weighted by atomic mass is 9.86. The summed E-state index contributed by atoms with van der Waals surface area (Å²) in [4.78, 5) is 45.1. The molecular formula is C31H39FN4O6. The molecule has 2 unspecified atom stereocenters. The number of piperidine rings is 2. The van der Waals surface area contributed by atoms with Crippen LogP contribution in [-0.4, -0.2) is 84.2 Å². The molecule has 0 saturated carbocycles. The number of aliphatic hydroxyl groups excluding tert-OH is 1. The van der Waals surface area contributed by atoms with E-state index < -0.39 is 36.2 Å². The molecule has 4 atom stereocenters. The molecule has 2 aromatic carbocycles. The molecule has 42 heavy (non-hydrogen) atoms. The van der Waals surface area contributed by atoms with Crippen molar-refractivity contribution in [3.8, 4) is 5.75 Å². The lowest BCUT2D eigenvalue weighted by Gasteiger charge is -2.38. The Kier molecular flexibility index (Phi) is 8.06. The summed E-state index contributed by atoms with van der Waals surface area (Å²) in [5.41, 5.74) is 2.08. The van der Waals surface area contributed by atoms with E-state index in [9.17, 15) is 19.5 Å². The van der Waals surface area contributed by atoms with E-state index in [2.05, 4.69) is 0 Å². The van der Waals surface area contributed by atoms with Gasteiger partial charge < -0.3 is 29.3 Å². The van der Waals surface area contributed by atoms with E-state index in [0.717, 1.165) is 5.56 Å². The number of nitrogens with zero attached hydrogens (tertiary/aromatic N) is 4. The number of para-hydroxylation sites is 1. The third kappa shape index (κ3) is 5.62. The maximum Gasteiger partial charge on any atom is 0.410 e. The van der Waals surface area contributed by atoms with Crippen molar-refractivity contribution < 1.29 is 33.4 Å². The molecular weight excluding hydrogens is 543 g/mol. The summed E-state index contributed by atoms with van der Waals surface area (Å²) in [7, 11) is 3.28. The van der Waals surface area contributed by atoms with Gasteiger partial charge in [0, 0.05) is 25.9 Å². The number of imide groups is 1. The summed E-state index contributed by atoms with van der Waals surface area (Å²) in [6.07, 6.45) is -2.26. The molecule has 0 aromatic heterocycles. The number of amides is 3. The second-order valence-corrected chi connectivity index (χ2v) is 12.1. The lowest BCUT2D eigenvalue weighted by Crippen LogP contribution is -2.58. The van der Waals surface area contributed by atoms with Gasteiger partial charge >= 0.3 is 6.09 Å². The minimum absolute atomic E-state index is 0.0945. The Bertz CT molecular complexity index is 1350. The molecule has 0 bridgehead atoms. The van der Waals surface area contributed by atoms with Crippen LogP contribution in [0.3, 0.4) is 0 Å². The van der Waals surface area contributed by atoms with Crippen LogP contribution in [0.4, 0.5) is 20.6 Å². The van der Waals surface area contributed by atoms with E-state index >= 15 is 4.39 Å². The molecule has 2 saturated heterocycles. The van der Waals surface area contributed by atoms with Crippen LogP contribution in [0.1, 0.15) is 57.1 Å². The van der Waals surface area contributed by atoms with Crippen molar-refractivity contribution >= 4 is 29.3 Å². The highest BCUT2D eigenvalue weighted by molar-refractivity contribution is 6.02. The van der Waals surface area contributed by atoms with Crippen molar-refractivity contribution in [2.75, 3.05) is 37.0 Å². The Morgan fingerprint density at radius 1 is 1.10 bits per heavy atom. The first-order chi connectivity index (χ1) is 19.9. The standard InChI is InChI=1S/C31H39FN4O6/c1-31(2,3)42-30(40)34-16-15-21(23(32)18-34)22-7-6-8-24-27(22)33(4)29(39)36(24)25-13-14-26(37)35(28(25)38)17-19-9-11-20(41-5)12-10-19/h6-12,21,23,25,29,39H,13-18H2,1-5H3/t21-,23+,25?,29?/m1/s1. The van der Waals surface area contributed by atoms with E-state index in [1.165, 1.54) is 9.80 Å². The van der Waals surface area contributed by atoms with Gasteiger partial charge in [-0.05, 0) is 62.9 Å². The number of hydrogen-bond acceptors (Lipinski definition) is 8. The van der Waals surface area contributed by atoms with Gasteiger partial charge in [0.15, 0.2) is 0 Å². The zero-order chi connectivity index (χ0) is 30.3. The van der Waals surface area contributed by atoms with E-state index in [1.54, 1.807) is 62.9 Å². The van der Waals surface area contributed by atoms with Crippen LogP contribution < -0.4 is 14.5 Å². The molecule has 3 aliphatic heterocycles. The number of hydrogen-bond donors (Lipinski definition) is 1. The molecule has 0 radical (unpaired) electrons. The molecule has 11 heteroatoms. The van der Waals surface area contributed by atoms with Gasteiger partial charge in [-0.15, -0.1) is 0 Å². The summed E-state index contributed by atoms with van der Waals surface area (Å²) in [5.74, 6) is -0.486. The van der Waals surface area contributed by atoms with Crippen LogP contribution in [0, 0.1) is 0 Å². The number of aliphatic hydroxyl groups is 1. The number of benzene rings is 2. The molecule has 226 valence electrons. The second kappa shape index (κ2) is 11.4. The van der Waals surface area contributed by atoms with Crippen LogP contribution in [0.2, 0.25) is 0 Å². The van der Waals surface area contributed by atoms with Gasteiger partial charge in [-0.3, -0.25) is 14.5 Å². The van der Waals surface area contributed by atoms with Gasteiger partial charge in [0.05, 0.1) is 31.6 Å². The fraction of sp³-hybridized carbons (Fsp3) is 0.516. The Morgan fingerprint density at radius 2 is 1.81 bits per heavy atom. The molecule has 2 fully saturated rings. The highest BCUT2D eigenvalue weighted by atomic mass is 19.1. The minimum atomic E-state index is -1.34. The molecule has 3 heterocycles. The predicted molar refractivity (Wildman–Crippen MR) is 155 cm³/mol. The largest absolute Gasteiger partial charge is 0.497 e. The average Bonchev–Trinajstić information content (AvgIpc) is 3.20. The Balaban J connectivity index is 1.37. The van der Waals surface area contributed by atoms with Crippen molar-refractivity contribution in [1.82, 2.24) is 9.80 Å². The summed E-state index contributed by atoms with van der Waals surface area (Å²) in [6, 6.07) is 11.9. The van der Waals surface area contributed by atoms with Crippen molar-refractivity contribution in [2.24, 2.45) is 0 Å². The van der Waals surface area contributed by atoms with Crippen LogP contribution in [0.5, 0.6) is 5.75 Å². The number of fused-ring (bicyclic) bond motifs is 1. The fourth-order valence-corrected chi connectivity index (χ4v) is 6.10. The zero-order valence-electron chi connectivity index (χ0n) is 24.7. The maximum atomic E-state index is 15.7. The number of anilines is 2. The summed E-state index contributed by atoms with van der Waals surface area (Å²) >= 11 is 0. The number of carbonyl (C=O) groups is 3. The predicted octanol–water partition coefficient (Wildman–Crippen LogP) is 4.01. The summed E-state index contributed by atoms with van der Waals surface area (Å²) < 4.78 is 26.3. The van der Waals surface area contributed by atoms with E-state index in [1.807, 2.05) is 24.3 Å². The summed E-state index contributed by atoms with van der Waals surface area (Å²) in [5, 5.41) is 11.4. The third-order valence-corrected chi connectivity index (χ3v) is 8.18. The molecule has 5 rings (SSSR count). The van der Waals surface area contributed by atoms with Crippen LogP contribution in [0.25, 0.3) is 0 Å². The van der Waals surface area contributed by atoms with Crippen LogP contribution in [-0.2, 0) is 20.9 Å². The molecule has 10 nitrogen and oxygen atoms in total. The molecule has 0 aliphatic carbocycles. The van der Waals surface area contributed by atoms with Crippen molar-refractivity contribution in [3.63, 3.8) is 0 Å². The molecule has 3 amide bonds. The zero-order valence-corrected chi connectivity index (χ0v) is 24.7. The SMILES string of the molecule is COc1ccc(CN2C(=O)CCC(N3c4cccc([C@H]5CCN(C(=O)OC(C)(C)C)C[C@@H]5F)c4N(C)C3O)C2=O)cc1. The number of ether oxygens (including phenoxy) is 2. The minimum Gasteiger partial charge on any atom is -0.497 e. The van der Waals surface area contributed by atoms with Gasteiger partial charge in [0.2, 0.25) is 12.3 Å². The Morgan fingerprint density at radius 3 is 2.45 bits per heavy atom. The van der Waals surface area contributed by atoms with Crippen LogP contribution >= 0.6 is 0 Å². The maximum absolute atomic E-state index is 15.7. The van der Waals surface area contributed by atoms with Gasteiger partial charge in [-0.2, -0.15) is 0 Å². The first-order valence-electron chi connectivity index (χ1n) is 14.3. The fourth-order valence-electron chi connectivity index (χ4n) is 6.10. The monoisotopic (exact) mass is 582 g/mol. The van der Waals surface area contributed by atoms with Gasteiger partial charge in [-0.1, -0.05) is 24.3 Å². The van der Waals surface area contributed by atoms with Gasteiger partial charge in [-0.25, -0.2) is 9.18 Å². The quantitative estimate of drug-likeness (QED) is 0.528. The smallest absolute Gasteiger partial charge is 0.410 e. The van der Waals surface area contributed by atoms with E-state index in [0.29, 0.717) is 35.7 Å². The highest BCUT2D eigenvalue weighted by Crippen LogP contribution is 2.47. The number of likely N-dealkylation sites (tertiary alicyclic amines) is 2.